The Hall–Kier alpha value is -3.30. The minimum Gasteiger partial charge on any atom is -0.497 e. The van der Waals surface area contributed by atoms with Crippen molar-refractivity contribution in [3.05, 3.63) is 37.2 Å². The number of carbonyl (C=O) groups excluding carboxylic acids is 1. The first kappa shape index (κ1) is 15.6. The van der Waals surface area contributed by atoms with E-state index in [0.717, 1.165) is 0 Å². The molecular weight excluding hydrogens is 312 g/mol. The zero-order valence-corrected chi connectivity index (χ0v) is 13.0. The van der Waals surface area contributed by atoms with Crippen LogP contribution in [-0.2, 0) is 11.3 Å². The van der Waals surface area contributed by atoms with Gasteiger partial charge in [-0.15, -0.1) is 5.10 Å². The van der Waals surface area contributed by atoms with E-state index in [1.54, 1.807) is 36.3 Å². The number of aryl methyl sites for hydroxylation is 1. The number of hydrogen-bond donors (Lipinski definition) is 1. The molecule has 0 saturated carbocycles. The molecule has 1 N–H and O–H groups in total. The van der Waals surface area contributed by atoms with E-state index in [9.17, 15) is 4.79 Å². The number of rotatable bonds is 7. The molecule has 10 nitrogen and oxygen atoms in total. The number of methoxy groups -OCH3 is 1. The Morgan fingerprint density at radius 3 is 2.92 bits per heavy atom. The Balaban J connectivity index is 1.63. The quantitative estimate of drug-likeness (QED) is 0.678. The summed E-state index contributed by atoms with van der Waals surface area (Å²) in [5, 5.41) is 17.9. The van der Waals surface area contributed by atoms with Crippen LogP contribution in [0.25, 0.3) is 5.69 Å². The van der Waals surface area contributed by atoms with Gasteiger partial charge < -0.3 is 10.1 Å². The van der Waals surface area contributed by atoms with E-state index in [0.29, 0.717) is 36.5 Å². The van der Waals surface area contributed by atoms with Crippen LogP contribution in [0.3, 0.4) is 0 Å². The summed E-state index contributed by atoms with van der Waals surface area (Å²) in [6.45, 7) is 0.640. The Labute approximate surface area is 137 Å². The molecule has 0 atom stereocenters. The van der Waals surface area contributed by atoms with Crippen LogP contribution < -0.4 is 10.1 Å². The van der Waals surface area contributed by atoms with Crippen molar-refractivity contribution in [3.63, 3.8) is 0 Å². The van der Waals surface area contributed by atoms with E-state index in [4.69, 9.17) is 4.74 Å². The van der Waals surface area contributed by atoms with Crippen LogP contribution in [0.2, 0.25) is 0 Å². The summed E-state index contributed by atoms with van der Waals surface area (Å²) in [6, 6.07) is 5.29. The first-order valence-electron chi connectivity index (χ1n) is 7.29. The molecule has 3 aromatic rings. The highest BCUT2D eigenvalue weighted by Gasteiger charge is 2.08. The van der Waals surface area contributed by atoms with Crippen LogP contribution in [0.5, 0.6) is 5.75 Å². The third-order valence-corrected chi connectivity index (χ3v) is 3.28. The van der Waals surface area contributed by atoms with Gasteiger partial charge in [0.15, 0.2) is 0 Å². The van der Waals surface area contributed by atoms with Crippen LogP contribution in [-0.4, -0.2) is 48.0 Å². The van der Waals surface area contributed by atoms with Gasteiger partial charge in [0.1, 0.15) is 24.7 Å². The Bertz CT molecular complexity index is 785. The standard InChI is InChI=1S/C14H16N8O2/c1-24-13-6-11(5-12(7-13)22-10-16-19-20-22)18-14(23)3-2-4-21-9-15-8-17-21/h5-10H,2-4H2,1H3,(H,18,23). The van der Waals surface area contributed by atoms with Crippen LogP contribution in [0.15, 0.2) is 37.2 Å². The third kappa shape index (κ3) is 3.91. The molecule has 124 valence electrons. The van der Waals surface area contributed by atoms with Gasteiger partial charge in [-0.1, -0.05) is 0 Å². The molecule has 3 rings (SSSR count). The molecule has 2 aromatic heterocycles. The second kappa shape index (κ2) is 7.31. The lowest BCUT2D eigenvalue weighted by Gasteiger charge is -2.10. The molecule has 0 aliphatic rings. The molecule has 0 aliphatic heterocycles. The number of aromatic nitrogens is 7. The maximum absolute atomic E-state index is 12.1. The number of anilines is 1. The van der Waals surface area contributed by atoms with Gasteiger partial charge in [0.05, 0.1) is 12.8 Å². The molecule has 0 spiro atoms. The highest BCUT2D eigenvalue weighted by Crippen LogP contribution is 2.23. The number of ether oxygens (including phenoxy) is 1. The molecule has 0 radical (unpaired) electrons. The topological polar surface area (TPSA) is 113 Å². The van der Waals surface area contributed by atoms with Gasteiger partial charge in [-0.3, -0.25) is 9.48 Å². The molecule has 0 unspecified atom stereocenters. The van der Waals surface area contributed by atoms with Crippen molar-refractivity contribution in [1.29, 1.82) is 0 Å². The van der Waals surface area contributed by atoms with Gasteiger partial charge >= 0.3 is 0 Å². The summed E-state index contributed by atoms with van der Waals surface area (Å²) >= 11 is 0. The minimum absolute atomic E-state index is 0.0916. The molecule has 2 heterocycles. The SMILES string of the molecule is COc1cc(NC(=O)CCCn2cncn2)cc(-n2cnnn2)c1. The van der Waals surface area contributed by atoms with Crippen LogP contribution >= 0.6 is 0 Å². The second-order valence-corrected chi connectivity index (χ2v) is 4.98. The fourth-order valence-electron chi connectivity index (χ4n) is 2.16. The van der Waals surface area contributed by atoms with Crippen LogP contribution in [0.1, 0.15) is 12.8 Å². The molecule has 24 heavy (non-hydrogen) atoms. The van der Waals surface area contributed by atoms with Gasteiger partial charge in [0, 0.05) is 30.8 Å². The molecule has 1 aromatic carbocycles. The number of benzene rings is 1. The highest BCUT2D eigenvalue weighted by molar-refractivity contribution is 5.91. The number of nitrogens with one attached hydrogen (secondary N) is 1. The zero-order chi connectivity index (χ0) is 16.8. The van der Waals surface area contributed by atoms with Crippen molar-refractivity contribution < 1.29 is 9.53 Å². The van der Waals surface area contributed by atoms with Crippen LogP contribution in [0, 0.1) is 0 Å². The number of amides is 1. The Morgan fingerprint density at radius 2 is 2.21 bits per heavy atom. The van der Waals surface area contributed by atoms with Gasteiger partial charge in [-0.05, 0) is 22.9 Å². The molecule has 10 heteroatoms. The average molecular weight is 328 g/mol. The molecule has 0 aliphatic carbocycles. The summed E-state index contributed by atoms with van der Waals surface area (Å²) in [4.78, 5) is 16.0. The van der Waals surface area contributed by atoms with E-state index in [2.05, 4.69) is 30.9 Å². The normalized spacial score (nSPS) is 10.5. The lowest BCUT2D eigenvalue weighted by atomic mass is 10.2. The van der Waals surface area contributed by atoms with Crippen molar-refractivity contribution in [2.24, 2.45) is 0 Å². The van der Waals surface area contributed by atoms with Gasteiger partial charge in [0.25, 0.3) is 0 Å². The Morgan fingerprint density at radius 1 is 1.29 bits per heavy atom. The van der Waals surface area contributed by atoms with E-state index < -0.39 is 0 Å². The van der Waals surface area contributed by atoms with E-state index in [1.807, 2.05) is 0 Å². The molecule has 0 bridgehead atoms. The summed E-state index contributed by atoms with van der Waals surface area (Å²) in [6.07, 6.45) is 5.60. The summed E-state index contributed by atoms with van der Waals surface area (Å²) in [5.41, 5.74) is 1.31. The van der Waals surface area contributed by atoms with Gasteiger partial charge in [0.2, 0.25) is 5.91 Å². The zero-order valence-electron chi connectivity index (χ0n) is 13.0. The lowest BCUT2D eigenvalue weighted by Crippen LogP contribution is -2.13. The second-order valence-electron chi connectivity index (χ2n) is 4.98. The first-order valence-corrected chi connectivity index (χ1v) is 7.29. The van der Waals surface area contributed by atoms with Crippen molar-refractivity contribution in [2.75, 3.05) is 12.4 Å². The van der Waals surface area contributed by atoms with E-state index in [-0.39, 0.29) is 5.91 Å². The fraction of sp³-hybridized carbons (Fsp3) is 0.286. The maximum atomic E-state index is 12.1. The van der Waals surface area contributed by atoms with Gasteiger partial charge in [-0.25, -0.2) is 9.67 Å². The largest absolute Gasteiger partial charge is 0.497 e. The summed E-state index contributed by atoms with van der Waals surface area (Å²) < 4.78 is 8.43. The minimum atomic E-state index is -0.0916. The lowest BCUT2D eigenvalue weighted by molar-refractivity contribution is -0.116. The monoisotopic (exact) mass is 328 g/mol. The Kier molecular flexibility index (Phi) is 4.75. The average Bonchev–Trinajstić information content (AvgIpc) is 3.28. The third-order valence-electron chi connectivity index (χ3n) is 3.28. The molecule has 0 saturated heterocycles. The van der Waals surface area contributed by atoms with E-state index >= 15 is 0 Å². The van der Waals surface area contributed by atoms with Crippen molar-refractivity contribution in [3.8, 4) is 11.4 Å². The maximum Gasteiger partial charge on any atom is 0.224 e. The van der Waals surface area contributed by atoms with Crippen LogP contribution in [0.4, 0.5) is 5.69 Å². The molecule has 1 amide bonds. The number of tetrazole rings is 1. The predicted molar refractivity (Wildman–Crippen MR) is 83.6 cm³/mol. The number of hydrogen-bond acceptors (Lipinski definition) is 7. The first-order chi connectivity index (χ1) is 11.7. The van der Waals surface area contributed by atoms with E-state index in [1.165, 1.54) is 17.3 Å². The smallest absolute Gasteiger partial charge is 0.224 e. The predicted octanol–water partition coefficient (Wildman–Crippen LogP) is 0.681. The molecule has 0 fully saturated rings. The summed E-state index contributed by atoms with van der Waals surface area (Å²) in [7, 11) is 1.56. The number of carbonyl (C=O) groups is 1. The number of nitrogens with zero attached hydrogens (tertiary/aromatic N) is 7. The summed E-state index contributed by atoms with van der Waals surface area (Å²) in [5.74, 6) is 0.506. The van der Waals surface area contributed by atoms with Crippen molar-refractivity contribution >= 4 is 11.6 Å². The van der Waals surface area contributed by atoms with Crippen molar-refractivity contribution in [2.45, 2.75) is 19.4 Å². The van der Waals surface area contributed by atoms with Gasteiger partial charge in [-0.2, -0.15) is 5.10 Å². The fourth-order valence-corrected chi connectivity index (χ4v) is 2.16. The molecular formula is C14H16N8O2. The van der Waals surface area contributed by atoms with Crippen molar-refractivity contribution in [1.82, 2.24) is 35.0 Å². The highest BCUT2D eigenvalue weighted by atomic mass is 16.5.